The number of aromatic nitrogens is 2. The second-order valence-electron chi connectivity index (χ2n) is 7.11. The number of ether oxygens (including phenoxy) is 1. The highest BCUT2D eigenvalue weighted by molar-refractivity contribution is 5.92. The zero-order valence-electron chi connectivity index (χ0n) is 15.4. The summed E-state index contributed by atoms with van der Waals surface area (Å²) in [6, 6.07) is 2.14. The molecule has 0 spiro atoms. The van der Waals surface area contributed by atoms with Gasteiger partial charge in [0.25, 0.3) is 5.91 Å². The molecule has 1 aromatic rings. The van der Waals surface area contributed by atoms with Crippen LogP contribution in [-0.2, 0) is 16.6 Å². The molecule has 7 nitrogen and oxygen atoms in total. The summed E-state index contributed by atoms with van der Waals surface area (Å²) >= 11 is 0. The lowest BCUT2D eigenvalue weighted by atomic mass is 9.98. The summed E-state index contributed by atoms with van der Waals surface area (Å²) in [5.74, 6) is 0.0590. The Morgan fingerprint density at radius 3 is 2.56 bits per heavy atom. The van der Waals surface area contributed by atoms with Crippen LogP contribution in [0.1, 0.15) is 48.8 Å². The van der Waals surface area contributed by atoms with Crippen molar-refractivity contribution in [2.24, 2.45) is 7.05 Å². The number of hydrogen-bond donors (Lipinski definition) is 0. The first-order valence-electron chi connectivity index (χ1n) is 9.14. The van der Waals surface area contributed by atoms with Gasteiger partial charge in [0, 0.05) is 58.1 Å². The summed E-state index contributed by atoms with van der Waals surface area (Å²) in [6.07, 6.45) is 3.62. The third-order valence-corrected chi connectivity index (χ3v) is 5.36. The van der Waals surface area contributed by atoms with Crippen LogP contribution in [0.15, 0.2) is 6.07 Å². The minimum Gasteiger partial charge on any atom is -0.381 e. The molecule has 0 radical (unpaired) electrons. The lowest BCUT2D eigenvalue weighted by Crippen LogP contribution is -2.55. The van der Waals surface area contributed by atoms with Crippen LogP contribution in [0.2, 0.25) is 0 Å². The molecule has 3 heterocycles. The molecule has 0 aliphatic carbocycles. The smallest absolute Gasteiger partial charge is 0.274 e. The van der Waals surface area contributed by atoms with Crippen molar-refractivity contribution >= 4 is 11.8 Å². The van der Waals surface area contributed by atoms with E-state index in [1.165, 1.54) is 0 Å². The van der Waals surface area contributed by atoms with Crippen LogP contribution < -0.4 is 0 Å². The number of amides is 2. The van der Waals surface area contributed by atoms with E-state index in [2.05, 4.69) is 5.10 Å². The van der Waals surface area contributed by atoms with E-state index in [0.717, 1.165) is 37.9 Å². The Kier molecular flexibility index (Phi) is 5.42. The van der Waals surface area contributed by atoms with E-state index < -0.39 is 0 Å². The molecule has 1 atom stereocenters. The topological polar surface area (TPSA) is 67.7 Å². The predicted molar refractivity (Wildman–Crippen MR) is 93.2 cm³/mol. The van der Waals surface area contributed by atoms with Gasteiger partial charge in [0.05, 0.1) is 0 Å². The summed E-state index contributed by atoms with van der Waals surface area (Å²) in [5.41, 5.74) is 1.45. The molecule has 2 fully saturated rings. The molecule has 2 amide bonds. The molecular formula is C18H28N4O3. The Morgan fingerprint density at radius 2 is 1.96 bits per heavy atom. The molecule has 138 valence electrons. The van der Waals surface area contributed by atoms with Crippen LogP contribution in [-0.4, -0.2) is 69.8 Å². The van der Waals surface area contributed by atoms with Crippen LogP contribution in [0.25, 0.3) is 0 Å². The molecule has 0 aromatic carbocycles. The van der Waals surface area contributed by atoms with E-state index >= 15 is 0 Å². The Balaban J connectivity index is 1.72. The Hall–Kier alpha value is -1.89. The number of piperidine rings is 1. The molecule has 0 bridgehead atoms. The quantitative estimate of drug-likeness (QED) is 0.827. The van der Waals surface area contributed by atoms with Gasteiger partial charge >= 0.3 is 0 Å². The zero-order valence-corrected chi connectivity index (χ0v) is 15.4. The molecule has 7 heteroatoms. The van der Waals surface area contributed by atoms with Crippen molar-refractivity contribution in [3.05, 3.63) is 17.5 Å². The van der Waals surface area contributed by atoms with Gasteiger partial charge in [-0.25, -0.2) is 0 Å². The summed E-state index contributed by atoms with van der Waals surface area (Å²) in [6.45, 7) is 6.30. The average Bonchev–Trinajstić information content (AvgIpc) is 2.94. The van der Waals surface area contributed by atoms with Crippen LogP contribution in [0.4, 0.5) is 0 Å². The molecule has 1 aromatic heterocycles. The van der Waals surface area contributed by atoms with Gasteiger partial charge in [-0.15, -0.1) is 0 Å². The maximum Gasteiger partial charge on any atom is 0.274 e. The minimum atomic E-state index is -0.0381. The van der Waals surface area contributed by atoms with Gasteiger partial charge in [0.15, 0.2) is 5.69 Å². The normalized spacial score (nSPS) is 22.0. The van der Waals surface area contributed by atoms with Gasteiger partial charge < -0.3 is 14.5 Å². The van der Waals surface area contributed by atoms with Crippen LogP contribution in [0, 0.1) is 6.92 Å². The van der Waals surface area contributed by atoms with Crippen molar-refractivity contribution in [1.82, 2.24) is 19.6 Å². The van der Waals surface area contributed by atoms with E-state index in [0.29, 0.717) is 25.5 Å². The van der Waals surface area contributed by atoms with Crippen LogP contribution in [0.3, 0.4) is 0 Å². The van der Waals surface area contributed by atoms with Gasteiger partial charge in [-0.2, -0.15) is 5.10 Å². The van der Waals surface area contributed by atoms with Crippen molar-refractivity contribution in [3.63, 3.8) is 0 Å². The van der Waals surface area contributed by atoms with E-state index in [-0.39, 0.29) is 23.9 Å². The van der Waals surface area contributed by atoms with Gasteiger partial charge in [-0.05, 0) is 38.7 Å². The first-order chi connectivity index (χ1) is 12.0. The third-order valence-electron chi connectivity index (χ3n) is 5.36. The Morgan fingerprint density at radius 1 is 1.24 bits per heavy atom. The summed E-state index contributed by atoms with van der Waals surface area (Å²) in [5, 5.41) is 4.31. The predicted octanol–water partition coefficient (Wildman–Crippen LogP) is 1.36. The van der Waals surface area contributed by atoms with Crippen molar-refractivity contribution in [2.75, 3.05) is 26.3 Å². The lowest BCUT2D eigenvalue weighted by molar-refractivity contribution is -0.137. The highest BCUT2D eigenvalue weighted by atomic mass is 16.5. The van der Waals surface area contributed by atoms with E-state index in [1.807, 2.05) is 29.8 Å². The highest BCUT2D eigenvalue weighted by Gasteiger charge is 2.34. The maximum absolute atomic E-state index is 12.8. The molecule has 25 heavy (non-hydrogen) atoms. The fourth-order valence-electron chi connectivity index (χ4n) is 3.97. The number of carbonyl (C=O) groups is 2. The van der Waals surface area contributed by atoms with E-state index in [9.17, 15) is 9.59 Å². The lowest BCUT2D eigenvalue weighted by Gasteiger charge is -2.43. The van der Waals surface area contributed by atoms with Gasteiger partial charge in [0.1, 0.15) is 0 Å². The summed E-state index contributed by atoms with van der Waals surface area (Å²) in [4.78, 5) is 29.0. The second kappa shape index (κ2) is 7.56. The number of carbonyl (C=O) groups excluding carboxylic acids is 2. The number of hydrogen-bond acceptors (Lipinski definition) is 4. The maximum atomic E-state index is 12.8. The van der Waals surface area contributed by atoms with Crippen molar-refractivity contribution in [1.29, 1.82) is 0 Å². The number of rotatable bonds is 3. The molecule has 2 aliphatic heterocycles. The molecule has 3 rings (SSSR count). The van der Waals surface area contributed by atoms with Gasteiger partial charge in [0.2, 0.25) is 5.91 Å². The molecule has 2 aliphatic rings. The third kappa shape index (κ3) is 3.86. The minimum absolute atomic E-state index is 0.0381. The van der Waals surface area contributed by atoms with E-state index in [1.54, 1.807) is 11.6 Å². The van der Waals surface area contributed by atoms with Crippen LogP contribution in [0.5, 0.6) is 0 Å². The summed E-state index contributed by atoms with van der Waals surface area (Å²) in [7, 11) is 1.84. The largest absolute Gasteiger partial charge is 0.381 e. The monoisotopic (exact) mass is 348 g/mol. The fraction of sp³-hybridized carbons (Fsp3) is 0.722. The van der Waals surface area contributed by atoms with Crippen molar-refractivity contribution < 1.29 is 14.3 Å². The summed E-state index contributed by atoms with van der Waals surface area (Å²) < 4.78 is 7.16. The SMILES string of the molecule is CC(=O)N(C1CCOCC1)C1CCCN(C(=O)c2cc(C)n(C)n2)C1. The van der Waals surface area contributed by atoms with Gasteiger partial charge in [-0.1, -0.05) is 0 Å². The first-order valence-corrected chi connectivity index (χ1v) is 9.14. The van der Waals surface area contributed by atoms with Gasteiger partial charge in [-0.3, -0.25) is 14.3 Å². The molecule has 2 saturated heterocycles. The highest BCUT2D eigenvalue weighted by Crippen LogP contribution is 2.24. The first kappa shape index (κ1) is 17.9. The molecule has 0 saturated carbocycles. The molecular weight excluding hydrogens is 320 g/mol. The number of aryl methyl sites for hydroxylation is 2. The Bertz CT molecular complexity index is 617. The van der Waals surface area contributed by atoms with Crippen molar-refractivity contribution in [3.8, 4) is 0 Å². The van der Waals surface area contributed by atoms with Crippen LogP contribution >= 0.6 is 0 Å². The standard InChI is InChI=1S/C18H28N4O3/c1-13-11-17(19-20(13)3)18(24)21-8-4-5-16(12-21)22(14(2)23)15-6-9-25-10-7-15/h11,15-16H,4-10,12H2,1-3H3. The Labute approximate surface area is 148 Å². The fourth-order valence-corrected chi connectivity index (χ4v) is 3.97. The number of likely N-dealkylation sites (tertiary alicyclic amines) is 1. The zero-order chi connectivity index (χ0) is 18.0. The number of nitrogens with zero attached hydrogens (tertiary/aromatic N) is 4. The van der Waals surface area contributed by atoms with Crippen molar-refractivity contribution in [2.45, 2.75) is 51.6 Å². The molecule has 0 N–H and O–H groups in total. The molecule has 1 unspecified atom stereocenters. The second-order valence-corrected chi connectivity index (χ2v) is 7.11. The van der Waals surface area contributed by atoms with E-state index in [4.69, 9.17) is 4.74 Å². The average molecular weight is 348 g/mol.